The largest absolute Gasteiger partial charge is 0.332 e. The van der Waals surface area contributed by atoms with Crippen molar-refractivity contribution < 1.29 is 18.4 Å². The van der Waals surface area contributed by atoms with Crippen molar-refractivity contribution in [2.45, 2.75) is 33.2 Å². The van der Waals surface area contributed by atoms with Gasteiger partial charge in [-0.25, -0.2) is 8.78 Å². The Morgan fingerprint density at radius 2 is 1.79 bits per heavy atom. The molecule has 136 valence electrons. The van der Waals surface area contributed by atoms with E-state index in [9.17, 15) is 18.4 Å². The molecule has 1 rings (SSSR count). The number of carbonyl (C=O) groups excluding carboxylic acids is 2. The molecule has 1 aromatic rings. The molecular weight excluding hydrogens is 340 g/mol. The van der Waals surface area contributed by atoms with Crippen LogP contribution in [0.5, 0.6) is 0 Å². The molecule has 3 N–H and O–H groups in total. The molecule has 24 heavy (non-hydrogen) atoms. The quantitative estimate of drug-likeness (QED) is 0.781. The van der Waals surface area contributed by atoms with Crippen molar-refractivity contribution in [3.05, 3.63) is 29.8 Å². The Labute approximate surface area is 147 Å². The van der Waals surface area contributed by atoms with Gasteiger partial charge >= 0.3 is 0 Å². The maximum Gasteiger partial charge on any atom is 0.244 e. The first-order chi connectivity index (χ1) is 10.8. The van der Waals surface area contributed by atoms with Gasteiger partial charge in [0.05, 0.1) is 12.6 Å². The molecule has 0 saturated heterocycles. The van der Waals surface area contributed by atoms with Crippen LogP contribution in [0.25, 0.3) is 0 Å². The van der Waals surface area contributed by atoms with E-state index in [1.54, 1.807) is 6.92 Å². The van der Waals surface area contributed by atoms with Gasteiger partial charge in [0.2, 0.25) is 11.8 Å². The number of hydrogen-bond acceptors (Lipinski definition) is 3. The molecule has 2 atom stereocenters. The number of para-hydroxylation sites is 1. The fraction of sp³-hybridized carbons (Fsp3) is 0.500. The van der Waals surface area contributed by atoms with Crippen LogP contribution in [-0.4, -0.2) is 35.8 Å². The topological polar surface area (TPSA) is 75.4 Å². The number of nitrogens with one attached hydrogen (secondary N) is 1. The number of halogens is 3. The zero-order valence-corrected chi connectivity index (χ0v) is 14.8. The predicted molar refractivity (Wildman–Crippen MR) is 91.9 cm³/mol. The summed E-state index contributed by atoms with van der Waals surface area (Å²) in [5.41, 5.74) is 5.36. The maximum atomic E-state index is 13.5. The van der Waals surface area contributed by atoms with Crippen molar-refractivity contribution in [2.75, 3.05) is 18.4 Å². The molecule has 0 aromatic heterocycles. The second kappa shape index (κ2) is 10.2. The normalized spacial score (nSPS) is 12.8. The summed E-state index contributed by atoms with van der Waals surface area (Å²) >= 11 is 0. The van der Waals surface area contributed by atoms with E-state index in [4.69, 9.17) is 5.73 Å². The van der Waals surface area contributed by atoms with Gasteiger partial charge in [0.25, 0.3) is 0 Å². The number of likely N-dealkylation sites (N-methyl/N-ethyl adjacent to an activating group) is 1. The van der Waals surface area contributed by atoms with Crippen molar-refractivity contribution in [3.63, 3.8) is 0 Å². The predicted octanol–water partition coefficient (Wildman–Crippen LogP) is 2.55. The fourth-order valence-corrected chi connectivity index (χ4v) is 2.02. The van der Waals surface area contributed by atoms with Crippen molar-refractivity contribution in [1.29, 1.82) is 0 Å². The first-order valence-corrected chi connectivity index (χ1v) is 7.59. The van der Waals surface area contributed by atoms with Crippen LogP contribution in [0.4, 0.5) is 14.5 Å². The second-order valence-electron chi connectivity index (χ2n) is 5.41. The number of amides is 2. The van der Waals surface area contributed by atoms with E-state index in [0.717, 1.165) is 18.6 Å². The zero-order valence-electron chi connectivity index (χ0n) is 14.0. The first kappa shape index (κ1) is 22.3. The number of nitrogens with zero attached hydrogens (tertiary/aromatic N) is 1. The number of hydrogen-bond donors (Lipinski definition) is 2. The molecule has 0 aliphatic rings. The summed E-state index contributed by atoms with van der Waals surface area (Å²) in [5, 5.41) is 2.16. The molecule has 5 nitrogen and oxygen atoms in total. The van der Waals surface area contributed by atoms with E-state index in [1.807, 2.05) is 13.8 Å². The van der Waals surface area contributed by atoms with Crippen LogP contribution in [0.2, 0.25) is 0 Å². The van der Waals surface area contributed by atoms with Gasteiger partial charge < -0.3 is 16.0 Å². The Morgan fingerprint density at radius 1 is 1.25 bits per heavy atom. The van der Waals surface area contributed by atoms with Crippen LogP contribution in [0, 0.1) is 17.6 Å². The van der Waals surface area contributed by atoms with Crippen LogP contribution >= 0.6 is 12.4 Å². The van der Waals surface area contributed by atoms with E-state index < -0.39 is 29.3 Å². The summed E-state index contributed by atoms with van der Waals surface area (Å²) in [7, 11) is 0. The molecule has 2 amide bonds. The molecule has 0 aliphatic heterocycles. The van der Waals surface area contributed by atoms with Crippen molar-refractivity contribution >= 4 is 29.9 Å². The van der Waals surface area contributed by atoms with Crippen LogP contribution in [-0.2, 0) is 9.59 Å². The lowest BCUT2D eigenvalue weighted by Gasteiger charge is -2.26. The van der Waals surface area contributed by atoms with E-state index in [0.29, 0.717) is 0 Å². The monoisotopic (exact) mass is 363 g/mol. The van der Waals surface area contributed by atoms with Crippen LogP contribution < -0.4 is 11.1 Å². The van der Waals surface area contributed by atoms with Gasteiger partial charge in [-0.2, -0.15) is 0 Å². The number of nitrogens with two attached hydrogens (primary N) is 1. The molecule has 8 heteroatoms. The van der Waals surface area contributed by atoms with Gasteiger partial charge in [-0.05, 0) is 25.0 Å². The highest BCUT2D eigenvalue weighted by Gasteiger charge is 2.26. The SMILES string of the molecule is CCC(C)C(N)C(=O)N(CC)CC(=O)Nc1c(F)cccc1F.Cl. The molecule has 0 saturated carbocycles. The zero-order chi connectivity index (χ0) is 17.6. The lowest BCUT2D eigenvalue weighted by Crippen LogP contribution is -2.49. The van der Waals surface area contributed by atoms with Crippen LogP contribution in [0.3, 0.4) is 0 Å². The van der Waals surface area contributed by atoms with E-state index in [-0.39, 0.29) is 37.3 Å². The van der Waals surface area contributed by atoms with Gasteiger partial charge in [0, 0.05) is 6.54 Å². The highest BCUT2D eigenvalue weighted by atomic mass is 35.5. The lowest BCUT2D eigenvalue weighted by atomic mass is 9.99. The lowest BCUT2D eigenvalue weighted by molar-refractivity contribution is -0.136. The summed E-state index contributed by atoms with van der Waals surface area (Å²) in [6, 6.07) is 2.58. The summed E-state index contributed by atoms with van der Waals surface area (Å²) in [6.45, 7) is 5.44. The molecule has 0 aliphatic carbocycles. The van der Waals surface area contributed by atoms with Gasteiger partial charge in [-0.15, -0.1) is 12.4 Å². The molecule has 0 heterocycles. The Kier molecular flexibility index (Phi) is 9.47. The third-order valence-electron chi connectivity index (χ3n) is 3.80. The number of anilines is 1. The Hall–Kier alpha value is -1.73. The minimum atomic E-state index is -0.871. The van der Waals surface area contributed by atoms with Crippen molar-refractivity contribution in [3.8, 4) is 0 Å². The van der Waals surface area contributed by atoms with Gasteiger partial charge in [-0.1, -0.05) is 26.3 Å². The first-order valence-electron chi connectivity index (χ1n) is 7.59. The van der Waals surface area contributed by atoms with Gasteiger partial charge in [0.15, 0.2) is 0 Å². The van der Waals surface area contributed by atoms with E-state index in [2.05, 4.69) is 5.32 Å². The third kappa shape index (κ3) is 5.72. The van der Waals surface area contributed by atoms with Crippen LogP contribution in [0.1, 0.15) is 27.2 Å². The minimum Gasteiger partial charge on any atom is -0.332 e. The van der Waals surface area contributed by atoms with Gasteiger partial charge in [0.1, 0.15) is 17.3 Å². The maximum absolute atomic E-state index is 13.5. The van der Waals surface area contributed by atoms with Gasteiger partial charge in [-0.3, -0.25) is 9.59 Å². The smallest absolute Gasteiger partial charge is 0.244 e. The third-order valence-corrected chi connectivity index (χ3v) is 3.80. The van der Waals surface area contributed by atoms with E-state index in [1.165, 1.54) is 11.0 Å². The summed E-state index contributed by atoms with van der Waals surface area (Å²) < 4.78 is 27.0. The standard InChI is InChI=1S/C16H23F2N3O2.ClH/c1-4-10(3)14(19)16(23)21(5-2)9-13(22)20-15-11(17)7-6-8-12(15)18;/h6-8,10,14H,4-5,9,19H2,1-3H3,(H,20,22);1H. The Bertz CT molecular complexity index is 552. The Balaban J connectivity index is 0.00000529. The molecule has 0 fully saturated rings. The number of carbonyl (C=O) groups is 2. The average molecular weight is 364 g/mol. The fourth-order valence-electron chi connectivity index (χ4n) is 2.02. The molecule has 0 spiro atoms. The Morgan fingerprint density at radius 3 is 2.25 bits per heavy atom. The highest BCUT2D eigenvalue weighted by Crippen LogP contribution is 2.18. The molecule has 0 radical (unpaired) electrons. The molecule has 2 unspecified atom stereocenters. The second-order valence-corrected chi connectivity index (χ2v) is 5.41. The molecular formula is C16H24ClF2N3O2. The molecule has 1 aromatic carbocycles. The summed E-state index contributed by atoms with van der Waals surface area (Å²) in [4.78, 5) is 25.5. The van der Waals surface area contributed by atoms with Crippen LogP contribution in [0.15, 0.2) is 18.2 Å². The number of benzene rings is 1. The molecule has 0 bridgehead atoms. The summed E-state index contributed by atoms with van der Waals surface area (Å²) in [5.74, 6) is -2.80. The minimum absolute atomic E-state index is 0. The van der Waals surface area contributed by atoms with Crippen molar-refractivity contribution in [1.82, 2.24) is 4.90 Å². The van der Waals surface area contributed by atoms with Crippen molar-refractivity contribution in [2.24, 2.45) is 11.7 Å². The van der Waals surface area contributed by atoms with E-state index >= 15 is 0 Å². The average Bonchev–Trinajstić information content (AvgIpc) is 2.54. The highest BCUT2D eigenvalue weighted by molar-refractivity contribution is 5.95. The summed E-state index contributed by atoms with van der Waals surface area (Å²) in [6.07, 6.45) is 0.733. The number of rotatable bonds is 7.